The third-order valence-electron chi connectivity index (χ3n) is 2.88. The van der Waals surface area contributed by atoms with Crippen LogP contribution in [0.2, 0.25) is 0 Å². The van der Waals surface area contributed by atoms with Crippen molar-refractivity contribution >= 4 is 38.9 Å². The van der Waals surface area contributed by atoms with Crippen LogP contribution in [0.4, 0.5) is 0 Å². The molecule has 0 N–H and O–H groups in total. The first-order valence-corrected chi connectivity index (χ1v) is 8.80. The lowest BCUT2D eigenvalue weighted by Gasteiger charge is -2.05. The van der Waals surface area contributed by atoms with Crippen molar-refractivity contribution in [1.29, 1.82) is 0 Å². The minimum atomic E-state index is 0.506. The predicted octanol–water partition coefficient (Wildman–Crippen LogP) is 5.18. The summed E-state index contributed by atoms with van der Waals surface area (Å²) in [7, 11) is 0. The van der Waals surface area contributed by atoms with Crippen LogP contribution in [0.15, 0.2) is 34.1 Å². The summed E-state index contributed by atoms with van der Waals surface area (Å²) < 4.78 is 6.80. The second-order valence-corrected chi connectivity index (χ2v) is 6.53. The summed E-state index contributed by atoms with van der Waals surface area (Å²) in [5.41, 5.74) is 2.18. The van der Waals surface area contributed by atoms with Gasteiger partial charge in [-0.25, -0.2) is 4.98 Å². The summed E-state index contributed by atoms with van der Waals surface area (Å²) in [6.45, 7) is 1.45. The Bertz CT molecular complexity index is 532. The van der Waals surface area contributed by atoms with Gasteiger partial charge in [0.15, 0.2) is 0 Å². The fraction of sp³-hybridized carbons (Fsp3) is 0.400. The Morgan fingerprint density at radius 2 is 2.10 bits per heavy atom. The van der Waals surface area contributed by atoms with E-state index < -0.39 is 0 Å². The van der Waals surface area contributed by atoms with Crippen LogP contribution in [0.5, 0.6) is 0 Å². The first-order chi connectivity index (χ1) is 9.79. The molecule has 5 heteroatoms. The van der Waals surface area contributed by atoms with Crippen LogP contribution in [-0.4, -0.2) is 11.6 Å². The third kappa shape index (κ3) is 5.17. The number of aromatic nitrogens is 1. The average molecular weight is 375 g/mol. The van der Waals surface area contributed by atoms with Crippen LogP contribution in [-0.2, 0) is 23.6 Å². The van der Waals surface area contributed by atoms with Crippen molar-refractivity contribution in [2.75, 3.05) is 6.61 Å². The minimum Gasteiger partial charge on any atom is -0.377 e. The molecule has 0 saturated heterocycles. The fourth-order valence-electron chi connectivity index (χ4n) is 1.80. The highest BCUT2D eigenvalue weighted by Gasteiger charge is 2.01. The molecule has 0 aliphatic rings. The number of aryl methyl sites for hydroxylation is 1. The molecule has 0 atom stereocenters. The summed E-state index contributed by atoms with van der Waals surface area (Å²) in [5, 5.41) is 3.21. The Kier molecular flexibility index (Phi) is 7.00. The Balaban J connectivity index is 1.59. The molecule has 0 saturated carbocycles. The maximum Gasteiger partial charge on any atom is 0.0928 e. The van der Waals surface area contributed by atoms with Gasteiger partial charge in [0, 0.05) is 16.5 Å². The lowest BCUT2D eigenvalue weighted by molar-refractivity contribution is 0.117. The Labute approximate surface area is 137 Å². The Hall–Kier alpha value is -0.420. The SMILES string of the molecule is ClCc1csc(CCCCOCc2ccccc2Br)n1. The zero-order chi connectivity index (χ0) is 14.2. The van der Waals surface area contributed by atoms with Gasteiger partial charge in [-0.05, 0) is 30.9 Å². The van der Waals surface area contributed by atoms with Crippen molar-refractivity contribution in [3.8, 4) is 0 Å². The van der Waals surface area contributed by atoms with E-state index in [0.717, 1.165) is 36.0 Å². The lowest BCUT2D eigenvalue weighted by atomic mass is 10.2. The Morgan fingerprint density at radius 3 is 2.85 bits per heavy atom. The first-order valence-electron chi connectivity index (χ1n) is 6.60. The molecule has 0 unspecified atom stereocenters. The van der Waals surface area contributed by atoms with E-state index in [1.165, 1.54) is 10.6 Å². The van der Waals surface area contributed by atoms with E-state index in [9.17, 15) is 0 Å². The van der Waals surface area contributed by atoms with Gasteiger partial charge in [0.1, 0.15) is 0 Å². The lowest BCUT2D eigenvalue weighted by Crippen LogP contribution is -1.97. The quantitative estimate of drug-likeness (QED) is 0.469. The maximum atomic E-state index is 5.73. The van der Waals surface area contributed by atoms with Crippen molar-refractivity contribution in [3.63, 3.8) is 0 Å². The standard InChI is InChI=1S/C15H17BrClNOS/c16-14-6-2-1-5-12(14)10-19-8-4-3-7-15-18-13(9-17)11-20-15/h1-2,5-6,11H,3-4,7-10H2. The van der Waals surface area contributed by atoms with Gasteiger partial charge in [-0.3, -0.25) is 0 Å². The number of halogens is 2. The first kappa shape index (κ1) is 16.0. The van der Waals surface area contributed by atoms with Crippen molar-refractivity contribution in [3.05, 3.63) is 50.4 Å². The highest BCUT2D eigenvalue weighted by molar-refractivity contribution is 9.10. The van der Waals surface area contributed by atoms with E-state index in [1.807, 2.05) is 23.6 Å². The van der Waals surface area contributed by atoms with Crippen LogP contribution >= 0.6 is 38.9 Å². The number of rotatable bonds is 8. The summed E-state index contributed by atoms with van der Waals surface area (Å²) in [5.74, 6) is 0.506. The number of hydrogen-bond acceptors (Lipinski definition) is 3. The van der Waals surface area contributed by atoms with Gasteiger partial charge in [-0.1, -0.05) is 34.1 Å². The van der Waals surface area contributed by atoms with Crippen molar-refractivity contribution in [1.82, 2.24) is 4.98 Å². The molecule has 2 rings (SSSR count). The minimum absolute atomic E-state index is 0.506. The van der Waals surface area contributed by atoms with Crippen LogP contribution in [0, 0.1) is 0 Å². The molecular formula is C15H17BrClNOS. The molecule has 2 aromatic rings. The van der Waals surface area contributed by atoms with Gasteiger partial charge in [0.05, 0.1) is 23.2 Å². The summed E-state index contributed by atoms with van der Waals surface area (Å²) in [4.78, 5) is 4.45. The topological polar surface area (TPSA) is 22.1 Å². The third-order valence-corrected chi connectivity index (χ3v) is 4.89. The van der Waals surface area contributed by atoms with Crippen molar-refractivity contribution < 1.29 is 4.74 Å². The molecule has 0 aliphatic carbocycles. The predicted molar refractivity (Wildman–Crippen MR) is 88.4 cm³/mol. The van der Waals surface area contributed by atoms with E-state index in [1.54, 1.807) is 11.3 Å². The van der Waals surface area contributed by atoms with Crippen LogP contribution < -0.4 is 0 Å². The number of thiazole rings is 1. The maximum absolute atomic E-state index is 5.73. The zero-order valence-corrected chi connectivity index (χ0v) is 14.3. The van der Waals surface area contributed by atoms with E-state index in [0.29, 0.717) is 12.5 Å². The summed E-state index contributed by atoms with van der Waals surface area (Å²) >= 11 is 10.9. The van der Waals surface area contributed by atoms with E-state index in [2.05, 4.69) is 27.0 Å². The largest absolute Gasteiger partial charge is 0.377 e. The molecule has 1 aromatic carbocycles. The highest BCUT2D eigenvalue weighted by atomic mass is 79.9. The van der Waals surface area contributed by atoms with Gasteiger partial charge in [-0.15, -0.1) is 22.9 Å². The van der Waals surface area contributed by atoms with E-state index >= 15 is 0 Å². The smallest absolute Gasteiger partial charge is 0.0928 e. The fourth-order valence-corrected chi connectivity index (χ4v) is 3.27. The average Bonchev–Trinajstić information content (AvgIpc) is 2.92. The molecule has 108 valence electrons. The van der Waals surface area contributed by atoms with Crippen molar-refractivity contribution in [2.24, 2.45) is 0 Å². The molecule has 0 radical (unpaired) electrons. The summed E-state index contributed by atoms with van der Waals surface area (Å²) in [6.07, 6.45) is 3.17. The summed E-state index contributed by atoms with van der Waals surface area (Å²) in [6, 6.07) is 8.15. The van der Waals surface area contributed by atoms with Crippen molar-refractivity contribution in [2.45, 2.75) is 31.7 Å². The second-order valence-electron chi connectivity index (χ2n) is 4.47. The molecule has 1 heterocycles. The number of unbranched alkanes of at least 4 members (excludes halogenated alkanes) is 1. The molecule has 0 aliphatic heterocycles. The van der Waals surface area contributed by atoms with Gasteiger partial charge >= 0.3 is 0 Å². The molecule has 2 nitrogen and oxygen atoms in total. The van der Waals surface area contributed by atoms with Gasteiger partial charge in [0.25, 0.3) is 0 Å². The highest BCUT2D eigenvalue weighted by Crippen LogP contribution is 2.17. The molecule has 1 aromatic heterocycles. The van der Waals surface area contributed by atoms with Gasteiger partial charge in [-0.2, -0.15) is 0 Å². The monoisotopic (exact) mass is 373 g/mol. The molecule has 20 heavy (non-hydrogen) atoms. The van der Waals surface area contributed by atoms with E-state index in [4.69, 9.17) is 16.3 Å². The number of nitrogens with zero attached hydrogens (tertiary/aromatic N) is 1. The van der Waals surface area contributed by atoms with Crippen LogP contribution in [0.3, 0.4) is 0 Å². The van der Waals surface area contributed by atoms with Gasteiger partial charge in [0.2, 0.25) is 0 Å². The number of alkyl halides is 1. The van der Waals surface area contributed by atoms with Gasteiger partial charge < -0.3 is 4.74 Å². The van der Waals surface area contributed by atoms with E-state index in [-0.39, 0.29) is 0 Å². The molecule has 0 fully saturated rings. The van der Waals surface area contributed by atoms with Crippen LogP contribution in [0.25, 0.3) is 0 Å². The number of ether oxygens (including phenoxy) is 1. The molecule has 0 amide bonds. The molecule has 0 spiro atoms. The normalized spacial score (nSPS) is 10.9. The second kappa shape index (κ2) is 8.78. The molecular weight excluding hydrogens is 358 g/mol. The Morgan fingerprint density at radius 1 is 1.25 bits per heavy atom. The zero-order valence-electron chi connectivity index (χ0n) is 11.1. The molecule has 0 bridgehead atoms. The number of benzene rings is 1. The number of hydrogen-bond donors (Lipinski definition) is 0. The van der Waals surface area contributed by atoms with Crippen LogP contribution in [0.1, 0.15) is 29.1 Å².